The Bertz CT molecular complexity index is 1060. The van der Waals surface area contributed by atoms with E-state index in [1.165, 1.54) is 244 Å². The van der Waals surface area contributed by atoms with Crippen LogP contribution >= 0.6 is 0 Å². The second-order valence-electron chi connectivity index (χ2n) is 20.7. The molecule has 0 fully saturated rings. The number of nitrogens with one attached hydrogen (secondary N) is 1. The highest BCUT2D eigenvalue weighted by Gasteiger charge is 2.28. The van der Waals surface area contributed by atoms with E-state index in [1.54, 1.807) is 0 Å². The minimum Gasteiger partial charge on any atom is -0.394 e. The number of rotatable bonds is 55. The van der Waals surface area contributed by atoms with Gasteiger partial charge in [0.2, 0.25) is 5.91 Å². The van der Waals surface area contributed by atoms with Crippen molar-refractivity contribution in [1.29, 1.82) is 0 Å². The van der Waals surface area contributed by atoms with Crippen LogP contribution in [0.1, 0.15) is 316 Å². The minimum absolute atomic E-state index is 0.357. The van der Waals surface area contributed by atoms with E-state index in [-0.39, 0.29) is 0 Å². The van der Waals surface area contributed by atoms with Crippen LogP contribution in [0.15, 0.2) is 36.5 Å². The van der Waals surface area contributed by atoms with E-state index < -0.39 is 36.9 Å². The van der Waals surface area contributed by atoms with Gasteiger partial charge >= 0.3 is 0 Å². The predicted molar refractivity (Wildman–Crippen MR) is 293 cm³/mol. The molecule has 6 nitrogen and oxygen atoms in total. The van der Waals surface area contributed by atoms with Crippen LogP contribution in [-0.4, -0.2) is 57.3 Å². The molecule has 67 heavy (non-hydrogen) atoms. The quantitative estimate of drug-likeness (QED) is 0.0308. The molecule has 0 saturated carbocycles. The predicted octanol–water partition coefficient (Wildman–Crippen LogP) is 17.6. The molecule has 0 aromatic carbocycles. The van der Waals surface area contributed by atoms with Gasteiger partial charge in [-0.1, -0.05) is 275 Å². The van der Waals surface area contributed by atoms with Crippen LogP contribution in [0.25, 0.3) is 0 Å². The molecule has 0 heterocycles. The van der Waals surface area contributed by atoms with Crippen LogP contribution in [0, 0.1) is 0 Å². The number of hydrogen-bond acceptors (Lipinski definition) is 5. The highest BCUT2D eigenvalue weighted by atomic mass is 16.3. The van der Waals surface area contributed by atoms with Gasteiger partial charge in [0.25, 0.3) is 0 Å². The van der Waals surface area contributed by atoms with E-state index in [4.69, 9.17) is 0 Å². The summed E-state index contributed by atoms with van der Waals surface area (Å²) in [6, 6.07) is -1.01. The molecule has 0 aliphatic carbocycles. The van der Waals surface area contributed by atoms with Crippen molar-refractivity contribution in [1.82, 2.24) is 5.32 Å². The SMILES string of the molecule is CCCCCCCCCCCCCC/C=C\CCCCCCCCCCC(O)C(=O)NC(CO)C(O)C(O)CCC/C=C/CC/C=C/CCCCCCCCCCCCCCCCCCCC. The summed E-state index contributed by atoms with van der Waals surface area (Å²) >= 11 is 0. The lowest BCUT2D eigenvalue weighted by Crippen LogP contribution is -2.53. The summed E-state index contributed by atoms with van der Waals surface area (Å²) in [6.45, 7) is 4.08. The number of aliphatic hydroxyl groups excluding tert-OH is 4. The molecule has 0 saturated heterocycles. The molecule has 4 unspecified atom stereocenters. The molecule has 396 valence electrons. The lowest BCUT2D eigenvalue weighted by Gasteiger charge is -2.27. The van der Waals surface area contributed by atoms with Crippen molar-refractivity contribution in [2.24, 2.45) is 0 Å². The summed E-state index contributed by atoms with van der Waals surface area (Å²) in [6.07, 6.45) is 69.4. The number of allylic oxidation sites excluding steroid dienone is 6. The van der Waals surface area contributed by atoms with E-state index in [1.807, 2.05) is 0 Å². The third-order valence-corrected chi connectivity index (χ3v) is 14.1. The molecule has 0 aliphatic heterocycles. The monoisotopic (exact) mass is 944 g/mol. The molecular weight excluding hydrogens is 827 g/mol. The fraction of sp³-hybridized carbons (Fsp3) is 0.885. The highest BCUT2D eigenvalue weighted by Crippen LogP contribution is 2.17. The van der Waals surface area contributed by atoms with Crippen molar-refractivity contribution in [2.75, 3.05) is 6.61 Å². The standard InChI is InChI=1S/C61H117NO5/c1-3-5-7-9-11-13-15-17-19-21-23-25-27-29-30-31-33-34-36-38-40-42-44-46-48-50-52-54-58(64)60(66)57(56-63)62-61(67)59(65)55-53-51-49-47-45-43-41-39-37-35-32-28-26-24-22-20-18-16-14-12-10-8-6-4-2/h32,35,38,40,46,48,57-60,63-66H,3-31,33-34,36-37,39,41-45,47,49-56H2,1-2H3,(H,62,67)/b35-32-,40-38+,48-46+. The normalized spacial score (nSPS) is 13.9. The molecule has 0 radical (unpaired) electrons. The first-order valence-electron chi connectivity index (χ1n) is 29.9. The minimum atomic E-state index is -1.29. The number of carbonyl (C=O) groups is 1. The molecule has 0 rings (SSSR count). The zero-order valence-electron chi connectivity index (χ0n) is 44.9. The van der Waals surface area contributed by atoms with Crippen LogP contribution in [0.4, 0.5) is 0 Å². The summed E-state index contributed by atoms with van der Waals surface area (Å²) in [7, 11) is 0. The summed E-state index contributed by atoms with van der Waals surface area (Å²) in [4.78, 5) is 12.6. The highest BCUT2D eigenvalue weighted by molar-refractivity contribution is 5.80. The molecule has 5 N–H and O–H groups in total. The van der Waals surface area contributed by atoms with Gasteiger partial charge in [0.15, 0.2) is 0 Å². The van der Waals surface area contributed by atoms with Crippen LogP contribution in [-0.2, 0) is 4.79 Å². The van der Waals surface area contributed by atoms with Crippen LogP contribution in [0.2, 0.25) is 0 Å². The average molecular weight is 945 g/mol. The van der Waals surface area contributed by atoms with Crippen LogP contribution in [0.5, 0.6) is 0 Å². The third kappa shape index (κ3) is 49.3. The zero-order chi connectivity index (χ0) is 48.8. The lowest BCUT2D eigenvalue weighted by atomic mass is 10.00. The summed E-state index contributed by atoms with van der Waals surface area (Å²) in [5.74, 6) is -0.596. The number of amides is 1. The Morgan fingerprint density at radius 2 is 0.627 bits per heavy atom. The van der Waals surface area contributed by atoms with Crippen LogP contribution in [0.3, 0.4) is 0 Å². The van der Waals surface area contributed by atoms with E-state index >= 15 is 0 Å². The van der Waals surface area contributed by atoms with Gasteiger partial charge in [-0.3, -0.25) is 4.79 Å². The Kier molecular flexibility index (Phi) is 54.2. The first kappa shape index (κ1) is 65.5. The Labute approximate surface area is 417 Å². The summed E-state index contributed by atoms with van der Waals surface area (Å²) < 4.78 is 0. The molecular formula is C61H117NO5. The Balaban J connectivity index is 3.67. The summed E-state index contributed by atoms with van der Waals surface area (Å²) in [5, 5.41) is 44.0. The second kappa shape index (κ2) is 55.5. The Morgan fingerprint density at radius 1 is 0.358 bits per heavy atom. The maximum absolute atomic E-state index is 12.6. The van der Waals surface area contributed by atoms with E-state index in [0.29, 0.717) is 19.3 Å². The van der Waals surface area contributed by atoms with Crippen molar-refractivity contribution < 1.29 is 25.2 Å². The third-order valence-electron chi connectivity index (χ3n) is 14.1. The molecule has 6 heteroatoms. The maximum Gasteiger partial charge on any atom is 0.249 e. The van der Waals surface area contributed by atoms with E-state index in [0.717, 1.165) is 38.5 Å². The fourth-order valence-electron chi connectivity index (χ4n) is 9.36. The second-order valence-corrected chi connectivity index (χ2v) is 20.7. The molecule has 1 amide bonds. The first-order chi connectivity index (χ1) is 33.0. The average Bonchev–Trinajstić information content (AvgIpc) is 3.33. The number of aliphatic hydroxyl groups is 4. The summed E-state index contributed by atoms with van der Waals surface area (Å²) in [5.41, 5.74) is 0. The smallest absolute Gasteiger partial charge is 0.249 e. The van der Waals surface area contributed by atoms with Gasteiger partial charge in [-0.25, -0.2) is 0 Å². The molecule has 0 bridgehead atoms. The van der Waals surface area contributed by atoms with Crippen molar-refractivity contribution in [3.05, 3.63) is 36.5 Å². The van der Waals surface area contributed by atoms with Gasteiger partial charge in [0.05, 0.1) is 18.8 Å². The van der Waals surface area contributed by atoms with E-state index in [2.05, 4.69) is 55.6 Å². The van der Waals surface area contributed by atoms with Gasteiger partial charge in [-0.2, -0.15) is 0 Å². The van der Waals surface area contributed by atoms with Gasteiger partial charge in [0, 0.05) is 0 Å². The molecule has 0 aromatic rings. The molecule has 4 atom stereocenters. The fourth-order valence-corrected chi connectivity index (χ4v) is 9.36. The van der Waals surface area contributed by atoms with E-state index in [9.17, 15) is 25.2 Å². The number of carbonyl (C=O) groups excluding carboxylic acids is 1. The molecule has 0 spiro atoms. The van der Waals surface area contributed by atoms with Crippen molar-refractivity contribution in [3.63, 3.8) is 0 Å². The topological polar surface area (TPSA) is 110 Å². The molecule has 0 aliphatic rings. The number of unbranched alkanes of at least 4 members (excludes halogenated alkanes) is 40. The Morgan fingerprint density at radius 3 is 0.940 bits per heavy atom. The zero-order valence-corrected chi connectivity index (χ0v) is 44.9. The van der Waals surface area contributed by atoms with Crippen molar-refractivity contribution >= 4 is 5.91 Å². The van der Waals surface area contributed by atoms with Gasteiger partial charge in [-0.05, 0) is 77.0 Å². The Hall–Kier alpha value is -1.47. The van der Waals surface area contributed by atoms with Gasteiger partial charge < -0.3 is 25.7 Å². The molecule has 0 aromatic heterocycles. The van der Waals surface area contributed by atoms with Crippen molar-refractivity contribution in [3.8, 4) is 0 Å². The number of hydrogen-bond donors (Lipinski definition) is 5. The lowest BCUT2D eigenvalue weighted by molar-refractivity contribution is -0.132. The maximum atomic E-state index is 12.6. The van der Waals surface area contributed by atoms with Gasteiger partial charge in [-0.15, -0.1) is 0 Å². The van der Waals surface area contributed by atoms with Gasteiger partial charge in [0.1, 0.15) is 12.2 Å². The first-order valence-corrected chi connectivity index (χ1v) is 29.9. The largest absolute Gasteiger partial charge is 0.394 e. The van der Waals surface area contributed by atoms with Crippen LogP contribution < -0.4 is 5.32 Å². The van der Waals surface area contributed by atoms with Crippen molar-refractivity contribution in [2.45, 2.75) is 340 Å².